The molecule has 0 heterocycles. The van der Waals surface area contributed by atoms with Crippen molar-refractivity contribution in [3.05, 3.63) is 62.8 Å². The molecule has 0 aliphatic rings. The van der Waals surface area contributed by atoms with Gasteiger partial charge in [0.1, 0.15) is 0 Å². The maximum atomic E-state index is 2.43. The normalized spacial score (nSPS) is 11.1. The Hall–Kier alpha value is -0.100. The van der Waals surface area contributed by atoms with Crippen LogP contribution in [0.5, 0.6) is 0 Å². The first kappa shape index (κ1) is 15.3. The topological polar surface area (TPSA) is 0 Å². The van der Waals surface area contributed by atoms with Crippen molar-refractivity contribution in [2.24, 2.45) is 0 Å². The first-order valence-electron chi connectivity index (χ1n) is 6.38. The van der Waals surface area contributed by atoms with Gasteiger partial charge in [0, 0.05) is 0 Å². The van der Waals surface area contributed by atoms with Crippen molar-refractivity contribution in [1.29, 1.82) is 0 Å². The average Bonchev–Trinajstić information content (AvgIpc) is 2.32. The third-order valence-electron chi connectivity index (χ3n) is 3.67. The van der Waals surface area contributed by atoms with E-state index in [2.05, 4.69) is 81.5 Å². The maximum absolute atomic E-state index is 2.43. The molecule has 2 aromatic carbocycles. The second kappa shape index (κ2) is 6.12. The van der Waals surface area contributed by atoms with Crippen LogP contribution in [0.3, 0.4) is 0 Å². The van der Waals surface area contributed by atoms with Crippen LogP contribution < -0.4 is 21.2 Å². The molecule has 2 heteroatoms. The van der Waals surface area contributed by atoms with Gasteiger partial charge in [0.25, 0.3) is 0 Å². The second-order valence-corrected chi connectivity index (χ2v) is 9.28. The summed E-state index contributed by atoms with van der Waals surface area (Å²) in [6.07, 6.45) is 0. The van der Waals surface area contributed by atoms with E-state index in [0.29, 0.717) is 0 Å². The van der Waals surface area contributed by atoms with Crippen molar-refractivity contribution in [2.45, 2.75) is 34.6 Å². The molecule has 2 rings (SSSR count). The van der Waals surface area contributed by atoms with Gasteiger partial charge in [-0.1, -0.05) is 0 Å². The zero-order valence-electron chi connectivity index (χ0n) is 12.1. The molecule has 0 atom stereocenters. The molecule has 0 saturated carbocycles. The number of aryl methyl sites for hydroxylation is 3. The van der Waals surface area contributed by atoms with E-state index < -0.39 is 0 Å². The van der Waals surface area contributed by atoms with Gasteiger partial charge in [0.15, 0.2) is 0 Å². The van der Waals surface area contributed by atoms with Crippen LogP contribution in [-0.2, 0) is 0 Å². The van der Waals surface area contributed by atoms with Crippen molar-refractivity contribution in [3.8, 4) is 0 Å². The molecule has 0 N–H and O–H groups in total. The van der Waals surface area contributed by atoms with E-state index in [1.54, 1.807) is 3.57 Å². The Kier molecular flexibility index (Phi) is 4.93. The van der Waals surface area contributed by atoms with Crippen molar-refractivity contribution >= 4 is 22.6 Å². The van der Waals surface area contributed by atoms with Gasteiger partial charge in [-0.05, 0) is 0 Å². The Bertz CT molecular complexity index is 604. The molecule has 0 saturated heterocycles. The summed E-state index contributed by atoms with van der Waals surface area (Å²) in [5, 5.41) is 0. The Balaban J connectivity index is 2.42. The van der Waals surface area contributed by atoms with E-state index in [0.717, 1.165) is 0 Å². The van der Waals surface area contributed by atoms with Gasteiger partial charge in [-0.25, -0.2) is 0 Å². The monoisotopic (exact) mass is 477 g/mol. The summed E-state index contributed by atoms with van der Waals surface area (Å²) in [6.45, 7) is 11.1. The van der Waals surface area contributed by atoms with E-state index in [9.17, 15) is 0 Å². The van der Waals surface area contributed by atoms with Crippen molar-refractivity contribution in [3.63, 3.8) is 0 Å². The molecule has 0 nitrogen and oxygen atoms in total. The Morgan fingerprint density at radius 1 is 0.737 bits per heavy atom. The molecule has 102 valence electrons. The number of hydrogen-bond acceptors (Lipinski definition) is 0. The summed E-state index contributed by atoms with van der Waals surface area (Å²) in [4.78, 5) is 0. The molecule has 0 amide bonds. The minimum atomic E-state index is -0.0777. The first-order valence-corrected chi connectivity index (χ1v) is 9.61. The Morgan fingerprint density at radius 3 is 1.84 bits per heavy atom. The van der Waals surface area contributed by atoms with Crippen molar-refractivity contribution in [1.82, 2.24) is 0 Å². The van der Waals surface area contributed by atoms with E-state index in [1.807, 2.05) is 0 Å². The van der Waals surface area contributed by atoms with E-state index in [-0.39, 0.29) is 21.2 Å². The minimum absolute atomic E-state index is 0.0777. The summed E-state index contributed by atoms with van der Waals surface area (Å²) in [7, 11) is 0. The molecular formula is C17H19I2-. The standard InChI is InChI=1S/C17H19I2/c1-10-6-15(18)9-17(14(10)5)19-16-7-11(2)13(4)12(3)8-16/h6-9H,1-5H3/q-1. The van der Waals surface area contributed by atoms with Gasteiger partial charge in [-0.15, -0.1) is 0 Å². The van der Waals surface area contributed by atoms with Gasteiger partial charge < -0.3 is 0 Å². The fourth-order valence-corrected chi connectivity index (χ4v) is 6.64. The number of hydrogen-bond donors (Lipinski definition) is 0. The van der Waals surface area contributed by atoms with Crippen LogP contribution in [0.1, 0.15) is 27.8 Å². The summed E-state index contributed by atoms with van der Waals surface area (Å²) < 4.78 is 4.45. The van der Waals surface area contributed by atoms with Crippen molar-refractivity contribution in [2.75, 3.05) is 0 Å². The van der Waals surface area contributed by atoms with Gasteiger partial charge >= 0.3 is 141 Å². The number of halogens is 2. The van der Waals surface area contributed by atoms with Crippen LogP contribution in [-0.4, -0.2) is 0 Å². The fraction of sp³-hybridized carbons (Fsp3) is 0.294. The molecule has 0 fully saturated rings. The second-order valence-electron chi connectivity index (χ2n) is 5.09. The van der Waals surface area contributed by atoms with Gasteiger partial charge in [-0.3, -0.25) is 0 Å². The SMILES string of the molecule is Cc1cc([I-]c2cc(I)cc(C)c2C)cc(C)c1C. The Morgan fingerprint density at radius 2 is 1.26 bits per heavy atom. The number of rotatable bonds is 2. The average molecular weight is 477 g/mol. The third kappa shape index (κ3) is 3.51. The van der Waals surface area contributed by atoms with Crippen LogP contribution >= 0.6 is 22.6 Å². The zero-order chi connectivity index (χ0) is 14.2. The van der Waals surface area contributed by atoms with Crippen LogP contribution in [0.15, 0.2) is 24.3 Å². The summed E-state index contributed by atoms with van der Waals surface area (Å²) in [5.41, 5.74) is 7.18. The van der Waals surface area contributed by atoms with E-state index in [1.165, 1.54) is 35.0 Å². The van der Waals surface area contributed by atoms with E-state index in [4.69, 9.17) is 0 Å². The zero-order valence-corrected chi connectivity index (χ0v) is 16.4. The van der Waals surface area contributed by atoms with Crippen molar-refractivity contribution < 1.29 is 21.2 Å². The van der Waals surface area contributed by atoms with Crippen LogP contribution in [0.25, 0.3) is 0 Å². The van der Waals surface area contributed by atoms with Crippen LogP contribution in [0.4, 0.5) is 0 Å². The van der Waals surface area contributed by atoms with Crippen LogP contribution in [0, 0.1) is 45.3 Å². The molecule has 0 spiro atoms. The Labute approximate surface area is 140 Å². The quantitative estimate of drug-likeness (QED) is 0.581. The van der Waals surface area contributed by atoms with Gasteiger partial charge in [-0.2, -0.15) is 0 Å². The number of benzene rings is 2. The molecule has 0 bridgehead atoms. The molecule has 0 aliphatic carbocycles. The molecule has 0 aromatic heterocycles. The fourth-order valence-electron chi connectivity index (χ4n) is 2.03. The molecular weight excluding hydrogens is 458 g/mol. The molecule has 0 unspecified atom stereocenters. The van der Waals surface area contributed by atoms with Crippen LogP contribution in [0.2, 0.25) is 0 Å². The predicted octanol–water partition coefficient (Wildman–Crippen LogP) is 1.96. The molecule has 19 heavy (non-hydrogen) atoms. The molecule has 0 aliphatic heterocycles. The molecule has 0 radical (unpaired) electrons. The first-order chi connectivity index (χ1) is 8.88. The summed E-state index contributed by atoms with van der Waals surface area (Å²) in [5.74, 6) is 0. The van der Waals surface area contributed by atoms with E-state index >= 15 is 0 Å². The molecule has 2 aromatic rings. The van der Waals surface area contributed by atoms with Gasteiger partial charge in [0.2, 0.25) is 0 Å². The summed E-state index contributed by atoms with van der Waals surface area (Å²) >= 11 is 2.35. The summed E-state index contributed by atoms with van der Waals surface area (Å²) in [6, 6.07) is 9.39. The third-order valence-corrected chi connectivity index (χ3v) is 7.24. The predicted molar refractivity (Wildman–Crippen MR) is 86.7 cm³/mol. The van der Waals surface area contributed by atoms with Gasteiger partial charge in [0.05, 0.1) is 0 Å².